The Bertz CT molecular complexity index is 955. The van der Waals surface area contributed by atoms with Crippen LogP contribution in [0.5, 0.6) is 11.5 Å². The van der Waals surface area contributed by atoms with E-state index in [2.05, 4.69) is 21.2 Å². The number of methoxy groups -OCH3 is 1. The number of hydrogen-bond acceptors (Lipinski definition) is 5. The largest absolute Gasteiger partial charge is 0.497 e. The summed E-state index contributed by atoms with van der Waals surface area (Å²) in [6, 6.07) is 13.6. The van der Waals surface area contributed by atoms with Gasteiger partial charge in [-0.1, -0.05) is 17.7 Å². The molecule has 2 aliphatic rings. The fourth-order valence-corrected chi connectivity index (χ4v) is 4.12. The van der Waals surface area contributed by atoms with E-state index in [4.69, 9.17) is 21.1 Å². The number of rotatable bonds is 7. The monoisotopic (exact) mass is 441 g/mol. The summed E-state index contributed by atoms with van der Waals surface area (Å²) in [5, 5.41) is 3.80. The van der Waals surface area contributed by atoms with Gasteiger partial charge in [-0.2, -0.15) is 0 Å². The lowest BCUT2D eigenvalue weighted by Gasteiger charge is -2.36. The van der Waals surface area contributed by atoms with Crippen molar-refractivity contribution in [3.63, 3.8) is 0 Å². The predicted molar refractivity (Wildman–Crippen MR) is 124 cm³/mol. The van der Waals surface area contributed by atoms with Crippen LogP contribution in [0.1, 0.15) is 12.0 Å². The molecule has 1 fully saturated rings. The third-order valence-corrected chi connectivity index (χ3v) is 5.94. The van der Waals surface area contributed by atoms with E-state index in [-0.39, 0.29) is 12.5 Å². The predicted octanol–water partition coefficient (Wildman–Crippen LogP) is 3.45. The van der Waals surface area contributed by atoms with Crippen LogP contribution in [0.4, 0.5) is 5.69 Å². The van der Waals surface area contributed by atoms with Crippen LogP contribution in [0.3, 0.4) is 0 Å². The minimum atomic E-state index is -0.0701. The molecule has 31 heavy (non-hydrogen) atoms. The highest BCUT2D eigenvalue weighted by atomic mass is 35.5. The van der Waals surface area contributed by atoms with Gasteiger partial charge in [-0.15, -0.1) is 0 Å². The third-order valence-electron chi connectivity index (χ3n) is 5.70. The van der Waals surface area contributed by atoms with Crippen LogP contribution in [0.2, 0.25) is 5.02 Å². The minimum Gasteiger partial charge on any atom is -0.497 e. The smallest absolute Gasteiger partial charge is 0.250 e. The minimum absolute atomic E-state index is 0.0701. The van der Waals surface area contributed by atoms with Crippen molar-refractivity contribution in [3.05, 3.63) is 58.6 Å². The lowest BCUT2D eigenvalue weighted by atomic mass is 10.1. The van der Waals surface area contributed by atoms with Gasteiger partial charge >= 0.3 is 0 Å². The summed E-state index contributed by atoms with van der Waals surface area (Å²) in [6.45, 7) is 5.90. The Balaban J connectivity index is 1.19. The van der Waals surface area contributed by atoms with Crippen LogP contribution in [-0.4, -0.2) is 63.8 Å². The average molecular weight is 442 g/mol. The highest BCUT2D eigenvalue weighted by Crippen LogP contribution is 2.30. The molecular weight excluding hydrogens is 414 g/mol. The lowest BCUT2D eigenvalue weighted by Crippen LogP contribution is -2.47. The van der Waals surface area contributed by atoms with E-state index in [1.807, 2.05) is 42.5 Å². The van der Waals surface area contributed by atoms with E-state index in [9.17, 15) is 4.79 Å². The molecule has 6 nitrogen and oxygen atoms in total. The third kappa shape index (κ3) is 5.51. The lowest BCUT2D eigenvalue weighted by molar-refractivity contribution is -0.117. The first-order chi connectivity index (χ1) is 15.1. The fourth-order valence-electron chi connectivity index (χ4n) is 3.93. The van der Waals surface area contributed by atoms with Crippen molar-refractivity contribution < 1.29 is 14.3 Å². The van der Waals surface area contributed by atoms with Crippen LogP contribution in [0.25, 0.3) is 6.08 Å². The second-order valence-corrected chi connectivity index (χ2v) is 8.22. The SMILES string of the molecule is COc1ccc2c(c1)C=C(C(=O)NCCCN1CCN(c3cccc(Cl)c3)CC1)CO2. The zero-order valence-electron chi connectivity index (χ0n) is 17.8. The zero-order valence-corrected chi connectivity index (χ0v) is 18.5. The molecule has 164 valence electrons. The molecule has 0 aromatic heterocycles. The molecular formula is C24H28ClN3O3. The van der Waals surface area contributed by atoms with Crippen molar-refractivity contribution in [3.8, 4) is 11.5 Å². The molecule has 7 heteroatoms. The first-order valence-electron chi connectivity index (χ1n) is 10.6. The number of hydrogen-bond donors (Lipinski definition) is 1. The summed E-state index contributed by atoms with van der Waals surface area (Å²) in [7, 11) is 1.62. The van der Waals surface area contributed by atoms with Crippen LogP contribution in [-0.2, 0) is 4.79 Å². The number of nitrogens with one attached hydrogen (secondary N) is 1. The van der Waals surface area contributed by atoms with Gasteiger partial charge in [0.1, 0.15) is 18.1 Å². The Hall–Kier alpha value is -2.70. The molecule has 1 saturated heterocycles. The number of benzene rings is 2. The van der Waals surface area contributed by atoms with E-state index < -0.39 is 0 Å². The van der Waals surface area contributed by atoms with E-state index in [0.29, 0.717) is 12.1 Å². The molecule has 0 aliphatic carbocycles. The van der Waals surface area contributed by atoms with E-state index in [1.165, 1.54) is 5.69 Å². The number of amides is 1. The molecule has 0 atom stereocenters. The molecule has 0 radical (unpaired) electrons. The molecule has 0 unspecified atom stereocenters. The van der Waals surface area contributed by atoms with Crippen LogP contribution < -0.4 is 19.7 Å². The molecule has 0 spiro atoms. The van der Waals surface area contributed by atoms with Crippen molar-refractivity contribution >= 4 is 29.3 Å². The van der Waals surface area contributed by atoms with Gasteiger partial charge in [-0.25, -0.2) is 0 Å². The van der Waals surface area contributed by atoms with Gasteiger partial charge in [0.05, 0.1) is 12.7 Å². The topological polar surface area (TPSA) is 54.0 Å². The quantitative estimate of drug-likeness (QED) is 0.667. The Morgan fingerprint density at radius 3 is 2.77 bits per heavy atom. The van der Waals surface area contributed by atoms with Crippen molar-refractivity contribution in [1.29, 1.82) is 0 Å². The molecule has 1 amide bonds. The van der Waals surface area contributed by atoms with Crippen LogP contribution >= 0.6 is 11.6 Å². The number of halogens is 1. The first-order valence-corrected chi connectivity index (χ1v) is 11.0. The van der Waals surface area contributed by atoms with Gasteiger partial charge in [0.25, 0.3) is 5.91 Å². The Morgan fingerprint density at radius 1 is 1.16 bits per heavy atom. The standard InChI is InChI=1S/C24H28ClN3O3/c1-30-22-6-7-23-18(15-22)14-19(17-31-23)24(29)26-8-3-9-27-10-12-28(13-11-27)21-5-2-4-20(25)16-21/h2,4-7,14-16H,3,8-13,17H2,1H3,(H,26,29). The first kappa shape index (κ1) is 21.5. The summed E-state index contributed by atoms with van der Waals surface area (Å²) in [4.78, 5) is 17.3. The maximum Gasteiger partial charge on any atom is 0.250 e. The Labute approximate surface area is 188 Å². The van der Waals surface area contributed by atoms with Gasteiger partial charge in [-0.05, 0) is 55.4 Å². The fraction of sp³-hybridized carbons (Fsp3) is 0.375. The van der Waals surface area contributed by atoms with Gasteiger partial charge in [0.2, 0.25) is 0 Å². The van der Waals surface area contributed by atoms with E-state index >= 15 is 0 Å². The van der Waals surface area contributed by atoms with Gasteiger partial charge in [0.15, 0.2) is 0 Å². The summed E-state index contributed by atoms with van der Waals surface area (Å²) in [5.74, 6) is 1.45. The van der Waals surface area contributed by atoms with Crippen molar-refractivity contribution in [1.82, 2.24) is 10.2 Å². The molecule has 0 bridgehead atoms. The van der Waals surface area contributed by atoms with E-state index in [1.54, 1.807) is 7.11 Å². The Morgan fingerprint density at radius 2 is 2.00 bits per heavy atom. The van der Waals surface area contributed by atoms with Gasteiger partial charge < -0.3 is 19.7 Å². The summed E-state index contributed by atoms with van der Waals surface area (Å²) in [6.07, 6.45) is 2.80. The van der Waals surface area contributed by atoms with Gasteiger partial charge in [-0.3, -0.25) is 9.69 Å². The summed E-state index contributed by atoms with van der Waals surface area (Å²) in [5.41, 5.74) is 2.69. The maximum absolute atomic E-state index is 12.5. The van der Waals surface area contributed by atoms with Gasteiger partial charge in [0, 0.05) is 49.0 Å². The van der Waals surface area contributed by atoms with Crippen molar-refractivity contribution in [2.75, 3.05) is 57.9 Å². The van der Waals surface area contributed by atoms with Crippen LogP contribution in [0, 0.1) is 0 Å². The number of anilines is 1. The maximum atomic E-state index is 12.5. The molecule has 2 aliphatic heterocycles. The van der Waals surface area contributed by atoms with Crippen LogP contribution in [0.15, 0.2) is 48.0 Å². The number of carbonyl (C=O) groups is 1. The molecule has 2 heterocycles. The number of piperazine rings is 1. The molecule has 2 aromatic rings. The Kier molecular flexibility index (Phi) is 6.99. The summed E-state index contributed by atoms with van der Waals surface area (Å²) < 4.78 is 11.0. The number of nitrogens with zero attached hydrogens (tertiary/aromatic N) is 2. The summed E-state index contributed by atoms with van der Waals surface area (Å²) >= 11 is 6.11. The number of ether oxygens (including phenoxy) is 2. The highest BCUT2D eigenvalue weighted by Gasteiger charge is 2.19. The molecule has 1 N–H and O–H groups in total. The van der Waals surface area contributed by atoms with E-state index in [0.717, 1.165) is 61.2 Å². The molecule has 0 saturated carbocycles. The molecule has 2 aromatic carbocycles. The number of carbonyl (C=O) groups excluding carboxylic acids is 1. The highest BCUT2D eigenvalue weighted by molar-refractivity contribution is 6.30. The zero-order chi connectivity index (χ0) is 21.6. The van der Waals surface area contributed by atoms with Crippen molar-refractivity contribution in [2.24, 2.45) is 0 Å². The van der Waals surface area contributed by atoms with Crippen molar-refractivity contribution in [2.45, 2.75) is 6.42 Å². The second kappa shape index (κ2) is 10.1. The number of fused-ring (bicyclic) bond motifs is 1. The normalized spacial score (nSPS) is 16.2. The average Bonchev–Trinajstić information content (AvgIpc) is 2.81. The molecule has 4 rings (SSSR count). The second-order valence-electron chi connectivity index (χ2n) is 7.78.